The molecule has 0 aromatic rings. The minimum atomic E-state index is -3.11. The van der Waals surface area contributed by atoms with Crippen molar-refractivity contribution >= 4 is 10.0 Å². The third kappa shape index (κ3) is 7.90. The summed E-state index contributed by atoms with van der Waals surface area (Å²) >= 11 is 0. The first kappa shape index (κ1) is 18.9. The molecule has 0 aliphatic rings. The molecule has 0 aliphatic heterocycles. The van der Waals surface area contributed by atoms with Crippen molar-refractivity contribution in [3.63, 3.8) is 0 Å². The molecule has 1 unspecified atom stereocenters. The van der Waals surface area contributed by atoms with Gasteiger partial charge in [0.15, 0.2) is 0 Å². The fourth-order valence-corrected chi connectivity index (χ4v) is 3.76. The molecule has 5 heteroatoms. The van der Waals surface area contributed by atoms with Crippen molar-refractivity contribution in [1.82, 2.24) is 9.62 Å². The van der Waals surface area contributed by atoms with Crippen LogP contribution in [0.5, 0.6) is 0 Å². The van der Waals surface area contributed by atoms with Crippen LogP contribution in [-0.4, -0.2) is 43.6 Å². The van der Waals surface area contributed by atoms with Gasteiger partial charge in [0.25, 0.3) is 0 Å². The third-order valence-corrected chi connectivity index (χ3v) is 5.37. The summed E-state index contributed by atoms with van der Waals surface area (Å²) in [4.78, 5) is 0. The molecule has 1 atom stereocenters. The Morgan fingerprint density at radius 3 is 2.21 bits per heavy atom. The van der Waals surface area contributed by atoms with Gasteiger partial charge in [-0.2, -0.15) is 4.31 Å². The lowest BCUT2D eigenvalue weighted by Gasteiger charge is -2.27. The summed E-state index contributed by atoms with van der Waals surface area (Å²) in [5, 5.41) is 3.26. The Labute approximate surface area is 120 Å². The van der Waals surface area contributed by atoms with E-state index in [4.69, 9.17) is 0 Å². The van der Waals surface area contributed by atoms with E-state index in [1.165, 1.54) is 0 Å². The second-order valence-electron chi connectivity index (χ2n) is 5.50. The molecular formula is C14H32N2O2S. The van der Waals surface area contributed by atoms with Gasteiger partial charge in [-0.05, 0) is 32.7 Å². The van der Waals surface area contributed by atoms with Crippen LogP contribution in [0.3, 0.4) is 0 Å². The quantitative estimate of drug-likeness (QED) is 0.596. The normalized spacial score (nSPS) is 14.3. The minimum Gasteiger partial charge on any atom is -0.314 e. The zero-order valence-corrected chi connectivity index (χ0v) is 14.1. The Bertz CT molecular complexity index is 315. The summed E-state index contributed by atoms with van der Waals surface area (Å²) < 4.78 is 26.5. The maximum Gasteiger partial charge on any atom is 0.214 e. The number of rotatable bonds is 11. The van der Waals surface area contributed by atoms with E-state index in [0.717, 1.165) is 25.8 Å². The number of hydrogen-bond acceptors (Lipinski definition) is 3. The second-order valence-corrected chi connectivity index (χ2v) is 7.54. The Morgan fingerprint density at radius 1 is 1.11 bits per heavy atom. The molecule has 4 nitrogen and oxygen atoms in total. The highest BCUT2D eigenvalue weighted by molar-refractivity contribution is 7.89. The highest BCUT2D eigenvalue weighted by Gasteiger charge is 2.25. The molecule has 19 heavy (non-hydrogen) atoms. The Balaban J connectivity index is 4.43. The maximum atomic E-state index is 12.4. The van der Waals surface area contributed by atoms with Crippen molar-refractivity contribution in [1.29, 1.82) is 0 Å². The summed E-state index contributed by atoms with van der Waals surface area (Å²) in [7, 11) is -3.11. The molecular weight excluding hydrogens is 260 g/mol. The number of sulfonamides is 1. The van der Waals surface area contributed by atoms with Crippen molar-refractivity contribution in [2.24, 2.45) is 0 Å². The van der Waals surface area contributed by atoms with E-state index in [1.54, 1.807) is 4.31 Å². The van der Waals surface area contributed by atoms with Gasteiger partial charge in [-0.1, -0.05) is 34.1 Å². The molecule has 0 amide bonds. The molecule has 0 spiro atoms. The van der Waals surface area contributed by atoms with Crippen LogP contribution >= 0.6 is 0 Å². The zero-order chi connectivity index (χ0) is 14.9. The van der Waals surface area contributed by atoms with Crippen molar-refractivity contribution in [3.05, 3.63) is 0 Å². The van der Waals surface area contributed by atoms with Gasteiger partial charge in [0.1, 0.15) is 0 Å². The minimum absolute atomic E-state index is 0.106. The van der Waals surface area contributed by atoms with Gasteiger partial charge in [-0.15, -0.1) is 0 Å². The average Bonchev–Trinajstić information content (AvgIpc) is 2.34. The lowest BCUT2D eigenvalue weighted by Crippen LogP contribution is -2.41. The molecule has 0 aromatic heterocycles. The third-order valence-electron chi connectivity index (χ3n) is 3.30. The molecule has 0 fully saturated rings. The van der Waals surface area contributed by atoms with Crippen LogP contribution in [0.4, 0.5) is 0 Å². The molecule has 0 rings (SSSR count). The van der Waals surface area contributed by atoms with E-state index in [-0.39, 0.29) is 11.8 Å². The number of unbranched alkanes of at least 4 members (excludes halogenated alkanes) is 1. The molecule has 0 heterocycles. The first-order valence-corrected chi connectivity index (χ1v) is 9.18. The summed E-state index contributed by atoms with van der Waals surface area (Å²) in [6.07, 6.45) is 3.51. The smallest absolute Gasteiger partial charge is 0.214 e. The number of nitrogens with zero attached hydrogens (tertiary/aromatic N) is 1. The van der Waals surface area contributed by atoms with Gasteiger partial charge in [0, 0.05) is 18.6 Å². The zero-order valence-electron chi connectivity index (χ0n) is 13.3. The average molecular weight is 292 g/mol. The van der Waals surface area contributed by atoms with E-state index in [1.807, 2.05) is 13.8 Å². The van der Waals surface area contributed by atoms with Gasteiger partial charge in [0.05, 0.1) is 5.75 Å². The van der Waals surface area contributed by atoms with Crippen LogP contribution in [0, 0.1) is 0 Å². The van der Waals surface area contributed by atoms with Gasteiger partial charge in [0.2, 0.25) is 10.0 Å². The van der Waals surface area contributed by atoms with Crippen LogP contribution in [-0.2, 0) is 10.0 Å². The van der Waals surface area contributed by atoms with Crippen molar-refractivity contribution < 1.29 is 8.42 Å². The van der Waals surface area contributed by atoms with Crippen molar-refractivity contribution in [3.8, 4) is 0 Å². The molecule has 0 bridgehead atoms. The fraction of sp³-hybridized carbons (Fsp3) is 1.00. The summed E-state index contributed by atoms with van der Waals surface area (Å²) in [5.41, 5.74) is 0. The highest BCUT2D eigenvalue weighted by atomic mass is 32.2. The number of hydrogen-bond donors (Lipinski definition) is 1. The van der Waals surface area contributed by atoms with E-state index < -0.39 is 10.0 Å². The summed E-state index contributed by atoms with van der Waals surface area (Å²) in [6, 6.07) is 0.517. The van der Waals surface area contributed by atoms with E-state index in [2.05, 4.69) is 26.1 Å². The largest absolute Gasteiger partial charge is 0.314 e. The molecule has 0 radical (unpaired) electrons. The fourth-order valence-electron chi connectivity index (χ4n) is 1.91. The van der Waals surface area contributed by atoms with Gasteiger partial charge in [-0.25, -0.2) is 8.42 Å². The Hall–Kier alpha value is -0.130. The highest BCUT2D eigenvalue weighted by Crippen LogP contribution is 2.13. The van der Waals surface area contributed by atoms with Crippen LogP contribution < -0.4 is 5.32 Å². The van der Waals surface area contributed by atoms with E-state index in [0.29, 0.717) is 19.0 Å². The second kappa shape index (κ2) is 9.72. The SMILES string of the molecule is CCCCN(C(C)CC)S(=O)(=O)CCCNC(C)C. The Morgan fingerprint density at radius 2 is 1.74 bits per heavy atom. The number of nitrogens with one attached hydrogen (secondary N) is 1. The monoisotopic (exact) mass is 292 g/mol. The van der Waals surface area contributed by atoms with E-state index in [9.17, 15) is 8.42 Å². The maximum absolute atomic E-state index is 12.4. The van der Waals surface area contributed by atoms with Gasteiger partial charge < -0.3 is 5.32 Å². The molecule has 0 saturated carbocycles. The first-order chi connectivity index (χ1) is 8.85. The molecule has 1 N–H and O–H groups in total. The predicted octanol–water partition coefficient (Wildman–Crippen LogP) is 2.60. The first-order valence-electron chi connectivity index (χ1n) is 7.58. The topological polar surface area (TPSA) is 49.4 Å². The van der Waals surface area contributed by atoms with Crippen LogP contribution in [0.15, 0.2) is 0 Å². The molecule has 0 saturated heterocycles. The van der Waals surface area contributed by atoms with Crippen LogP contribution in [0.2, 0.25) is 0 Å². The lowest BCUT2D eigenvalue weighted by molar-refractivity contribution is 0.323. The molecule has 0 aliphatic carbocycles. The van der Waals surface area contributed by atoms with E-state index >= 15 is 0 Å². The Kier molecular flexibility index (Phi) is 9.66. The van der Waals surface area contributed by atoms with Crippen LogP contribution in [0.1, 0.15) is 60.3 Å². The predicted molar refractivity (Wildman–Crippen MR) is 82.9 cm³/mol. The summed E-state index contributed by atoms with van der Waals surface area (Å²) in [6.45, 7) is 11.7. The molecule has 116 valence electrons. The lowest BCUT2D eigenvalue weighted by atomic mass is 10.2. The van der Waals surface area contributed by atoms with Crippen molar-refractivity contribution in [2.45, 2.75) is 72.4 Å². The van der Waals surface area contributed by atoms with Crippen LogP contribution in [0.25, 0.3) is 0 Å². The van der Waals surface area contributed by atoms with Gasteiger partial charge in [-0.3, -0.25) is 0 Å². The van der Waals surface area contributed by atoms with Crippen molar-refractivity contribution in [2.75, 3.05) is 18.8 Å². The van der Waals surface area contributed by atoms with Gasteiger partial charge >= 0.3 is 0 Å². The molecule has 0 aromatic carbocycles. The summed E-state index contributed by atoms with van der Waals surface area (Å²) in [5.74, 6) is 0.251. The standard InChI is InChI=1S/C14H32N2O2S/c1-6-8-11-16(14(5)7-2)19(17,18)12-9-10-15-13(3)4/h13-15H,6-12H2,1-5H3.